The third-order valence-corrected chi connectivity index (χ3v) is 5.13. The minimum absolute atomic E-state index is 0. The summed E-state index contributed by atoms with van der Waals surface area (Å²) >= 11 is 0. The number of anilines is 1. The summed E-state index contributed by atoms with van der Waals surface area (Å²) in [5.41, 5.74) is 2.08. The Morgan fingerprint density at radius 2 is 2.10 bits per heavy atom. The molecule has 0 spiro atoms. The van der Waals surface area contributed by atoms with Gasteiger partial charge in [0.25, 0.3) is 0 Å². The molecule has 2 aliphatic heterocycles. The second-order valence-electron chi connectivity index (χ2n) is 6.29. The van der Waals surface area contributed by atoms with Crippen molar-refractivity contribution in [2.45, 2.75) is 37.6 Å². The van der Waals surface area contributed by atoms with E-state index in [1.54, 1.807) is 6.07 Å². The van der Waals surface area contributed by atoms with Crippen LogP contribution in [0.4, 0.5) is 10.1 Å². The van der Waals surface area contributed by atoms with Gasteiger partial charge in [-0.1, -0.05) is 6.42 Å². The van der Waals surface area contributed by atoms with Gasteiger partial charge in [0, 0.05) is 36.7 Å². The summed E-state index contributed by atoms with van der Waals surface area (Å²) in [5.74, 6) is 0.638. The summed E-state index contributed by atoms with van der Waals surface area (Å²) in [6.45, 7) is 1.57. The first-order valence-corrected chi connectivity index (χ1v) is 7.57. The predicted molar refractivity (Wildman–Crippen MR) is 82.3 cm³/mol. The van der Waals surface area contributed by atoms with Crippen LogP contribution in [-0.2, 0) is 4.79 Å². The van der Waals surface area contributed by atoms with Crippen molar-refractivity contribution in [2.75, 3.05) is 18.4 Å². The number of halogens is 2. The van der Waals surface area contributed by atoms with Crippen LogP contribution < -0.4 is 5.32 Å². The number of nitrogens with one attached hydrogen (secondary N) is 1. The van der Waals surface area contributed by atoms with Gasteiger partial charge in [-0.15, -0.1) is 12.4 Å². The number of hydrogen-bond donors (Lipinski definition) is 1. The van der Waals surface area contributed by atoms with Crippen LogP contribution in [0.3, 0.4) is 0 Å². The van der Waals surface area contributed by atoms with Gasteiger partial charge >= 0.3 is 0 Å². The van der Waals surface area contributed by atoms with Crippen molar-refractivity contribution in [3.05, 3.63) is 29.6 Å². The maximum Gasteiger partial charge on any atom is 0.225 e. The Morgan fingerprint density at radius 3 is 2.81 bits per heavy atom. The number of benzene rings is 1. The highest BCUT2D eigenvalue weighted by Crippen LogP contribution is 2.41. The third-order valence-electron chi connectivity index (χ3n) is 5.13. The molecule has 1 aromatic rings. The fourth-order valence-electron chi connectivity index (χ4n) is 3.73. The summed E-state index contributed by atoms with van der Waals surface area (Å²) in [5, 5.41) is 3.48. The number of hydrogen-bond acceptors (Lipinski definition) is 2. The average molecular weight is 311 g/mol. The van der Waals surface area contributed by atoms with E-state index in [1.165, 1.54) is 12.5 Å². The van der Waals surface area contributed by atoms with Gasteiger partial charge in [0.2, 0.25) is 5.91 Å². The van der Waals surface area contributed by atoms with E-state index in [0.29, 0.717) is 11.9 Å². The lowest BCUT2D eigenvalue weighted by molar-refractivity contribution is -0.139. The molecule has 2 heterocycles. The van der Waals surface area contributed by atoms with Crippen molar-refractivity contribution in [3.63, 3.8) is 0 Å². The van der Waals surface area contributed by atoms with Gasteiger partial charge in [-0.3, -0.25) is 4.79 Å². The first-order chi connectivity index (χ1) is 9.72. The molecule has 3 aliphatic rings. The zero-order chi connectivity index (χ0) is 13.7. The minimum atomic E-state index is -0.186. The lowest BCUT2D eigenvalue weighted by Gasteiger charge is -2.38. The van der Waals surface area contributed by atoms with Gasteiger partial charge in [0.05, 0.1) is 0 Å². The van der Waals surface area contributed by atoms with Crippen molar-refractivity contribution >= 4 is 24.0 Å². The Kier molecular flexibility index (Phi) is 3.82. The fraction of sp³-hybridized carbons (Fsp3) is 0.562. The molecule has 1 amide bonds. The van der Waals surface area contributed by atoms with Crippen molar-refractivity contribution in [3.8, 4) is 0 Å². The standard InChI is InChI=1S/C16H19FN2O.ClH/c17-11-4-5-14-12(8-11)13-9-19(7-6-15(13)18-14)16(20)10-2-1-3-10;/h4-5,8,10,13,15,18H,1-3,6-7,9H2;1H/t13-,15+;/m0./s1. The van der Waals surface area contributed by atoms with Gasteiger partial charge in [-0.05, 0) is 43.0 Å². The molecular weight excluding hydrogens is 291 g/mol. The number of amides is 1. The van der Waals surface area contributed by atoms with Crippen LogP contribution in [0.1, 0.15) is 37.2 Å². The van der Waals surface area contributed by atoms with E-state index in [0.717, 1.165) is 43.6 Å². The maximum atomic E-state index is 13.5. The van der Waals surface area contributed by atoms with Gasteiger partial charge < -0.3 is 10.2 Å². The number of rotatable bonds is 1. The van der Waals surface area contributed by atoms with Crippen molar-refractivity contribution < 1.29 is 9.18 Å². The number of nitrogens with zero attached hydrogens (tertiary/aromatic N) is 1. The van der Waals surface area contributed by atoms with Crippen LogP contribution in [0.15, 0.2) is 18.2 Å². The normalized spacial score (nSPS) is 27.0. The minimum Gasteiger partial charge on any atom is -0.381 e. The maximum absolute atomic E-state index is 13.5. The largest absolute Gasteiger partial charge is 0.381 e. The zero-order valence-corrected chi connectivity index (χ0v) is 12.7. The summed E-state index contributed by atoms with van der Waals surface area (Å²) in [4.78, 5) is 14.4. The Hall–Kier alpha value is -1.29. The summed E-state index contributed by atoms with van der Waals surface area (Å²) in [7, 11) is 0. The van der Waals surface area contributed by atoms with Gasteiger partial charge in [0.1, 0.15) is 5.82 Å². The third kappa shape index (κ3) is 2.39. The van der Waals surface area contributed by atoms with E-state index in [-0.39, 0.29) is 30.1 Å². The van der Waals surface area contributed by atoms with Crippen molar-refractivity contribution in [1.29, 1.82) is 0 Å². The monoisotopic (exact) mass is 310 g/mol. The Balaban J connectivity index is 0.00000132. The van der Waals surface area contributed by atoms with Crippen LogP contribution in [0.25, 0.3) is 0 Å². The number of fused-ring (bicyclic) bond motifs is 3. The number of likely N-dealkylation sites (tertiary alicyclic amines) is 1. The highest BCUT2D eigenvalue weighted by Gasteiger charge is 2.40. The van der Waals surface area contributed by atoms with Crippen LogP contribution >= 0.6 is 12.4 Å². The number of carbonyl (C=O) groups is 1. The molecule has 0 aromatic heterocycles. The Labute approximate surface area is 130 Å². The van der Waals surface area contributed by atoms with E-state index in [9.17, 15) is 9.18 Å². The first kappa shape index (κ1) is 14.6. The highest BCUT2D eigenvalue weighted by atomic mass is 35.5. The van der Waals surface area contributed by atoms with Crippen LogP contribution in [0, 0.1) is 11.7 Å². The average Bonchev–Trinajstić information content (AvgIpc) is 2.74. The molecule has 2 fully saturated rings. The topological polar surface area (TPSA) is 32.3 Å². The molecule has 1 saturated heterocycles. The molecule has 114 valence electrons. The molecular formula is C16H20ClFN2O. The molecule has 1 aliphatic carbocycles. The lowest BCUT2D eigenvalue weighted by Crippen LogP contribution is -2.48. The molecule has 0 bridgehead atoms. The number of piperidine rings is 1. The van der Waals surface area contributed by atoms with E-state index >= 15 is 0 Å². The highest BCUT2D eigenvalue weighted by molar-refractivity contribution is 5.85. The van der Waals surface area contributed by atoms with Crippen molar-refractivity contribution in [1.82, 2.24) is 4.90 Å². The molecule has 5 heteroatoms. The smallest absolute Gasteiger partial charge is 0.225 e. The van der Waals surface area contributed by atoms with E-state index in [4.69, 9.17) is 0 Å². The van der Waals surface area contributed by atoms with E-state index < -0.39 is 0 Å². The molecule has 0 radical (unpaired) electrons. The van der Waals surface area contributed by atoms with Crippen LogP contribution in [0.2, 0.25) is 0 Å². The lowest BCUT2D eigenvalue weighted by atomic mass is 9.82. The molecule has 2 atom stereocenters. The quantitative estimate of drug-likeness (QED) is 0.864. The summed E-state index contributed by atoms with van der Waals surface area (Å²) in [6.07, 6.45) is 4.24. The molecule has 21 heavy (non-hydrogen) atoms. The Morgan fingerprint density at radius 1 is 1.29 bits per heavy atom. The molecule has 1 aromatic carbocycles. The summed E-state index contributed by atoms with van der Waals surface area (Å²) in [6, 6.07) is 5.31. The SMILES string of the molecule is Cl.O=C(C1CCC1)N1CC[C@H]2Nc3ccc(F)cc3[C@@H]2C1. The number of carbonyl (C=O) groups excluding carboxylic acids is 1. The molecule has 0 unspecified atom stereocenters. The van der Waals surface area contributed by atoms with Crippen molar-refractivity contribution in [2.24, 2.45) is 5.92 Å². The second-order valence-corrected chi connectivity index (χ2v) is 6.29. The first-order valence-electron chi connectivity index (χ1n) is 7.57. The zero-order valence-electron chi connectivity index (χ0n) is 11.8. The van der Waals surface area contributed by atoms with Gasteiger partial charge in [0.15, 0.2) is 0 Å². The molecule has 4 rings (SSSR count). The van der Waals surface area contributed by atoms with E-state index in [2.05, 4.69) is 5.32 Å². The van der Waals surface area contributed by atoms with Gasteiger partial charge in [-0.25, -0.2) is 4.39 Å². The fourth-order valence-corrected chi connectivity index (χ4v) is 3.73. The molecule has 3 nitrogen and oxygen atoms in total. The van der Waals surface area contributed by atoms with Crippen LogP contribution in [-0.4, -0.2) is 29.9 Å². The van der Waals surface area contributed by atoms with Gasteiger partial charge in [-0.2, -0.15) is 0 Å². The molecule has 1 saturated carbocycles. The Bertz CT molecular complexity index is 561. The van der Waals surface area contributed by atoms with E-state index in [1.807, 2.05) is 11.0 Å². The predicted octanol–water partition coefficient (Wildman–Crippen LogP) is 3.16. The summed E-state index contributed by atoms with van der Waals surface area (Å²) < 4.78 is 13.5. The van der Waals surface area contributed by atoms with Crippen LogP contribution in [0.5, 0.6) is 0 Å². The second kappa shape index (κ2) is 5.48. The molecule has 1 N–H and O–H groups in total.